The number of likely N-dealkylation sites (N-methyl/N-ethyl adjacent to an activating group) is 1. The fourth-order valence-electron chi connectivity index (χ4n) is 2.80. The maximum Gasteiger partial charge on any atom is 0.151 e. The number of nitrogens with zero attached hydrogens (tertiary/aromatic N) is 1. The van der Waals surface area contributed by atoms with Crippen LogP contribution in [0, 0.1) is 13.8 Å². The second-order valence-corrected chi connectivity index (χ2v) is 8.58. The predicted molar refractivity (Wildman–Crippen MR) is 84.2 cm³/mol. The van der Waals surface area contributed by atoms with Gasteiger partial charge in [-0.25, -0.2) is 8.42 Å². The maximum atomic E-state index is 11.5. The van der Waals surface area contributed by atoms with E-state index in [1.807, 2.05) is 7.05 Å². The second-order valence-electron chi connectivity index (χ2n) is 5.82. The highest BCUT2D eigenvalue weighted by atomic mass is 35.5. The molecular weight excluding hydrogens is 294 g/mol. The van der Waals surface area contributed by atoms with Crippen LogP contribution in [-0.2, 0) is 9.84 Å². The third-order valence-electron chi connectivity index (χ3n) is 4.04. The third kappa shape index (κ3) is 3.74. The van der Waals surface area contributed by atoms with Crippen molar-refractivity contribution in [2.75, 3.05) is 25.1 Å². The fraction of sp³-hybridized carbons (Fsp3) is 0.600. The average molecular weight is 316 g/mol. The van der Waals surface area contributed by atoms with Gasteiger partial charge in [0.2, 0.25) is 0 Å². The Balaban J connectivity index is 2.02. The fourth-order valence-corrected chi connectivity index (χ4v) is 5.07. The van der Waals surface area contributed by atoms with Gasteiger partial charge >= 0.3 is 0 Å². The van der Waals surface area contributed by atoms with Gasteiger partial charge in [-0.05, 0) is 38.4 Å². The standard InChI is InChI=1S/C15H22ClNO2S/c1-11-4-5-14(12(2)8-11)15(16)9-17(3)13-6-7-20(18,19)10-13/h4-5,8,13,15H,6-7,9-10H2,1-3H3. The van der Waals surface area contributed by atoms with E-state index >= 15 is 0 Å². The Morgan fingerprint density at radius 2 is 2.10 bits per heavy atom. The summed E-state index contributed by atoms with van der Waals surface area (Å²) in [5.41, 5.74) is 3.55. The lowest BCUT2D eigenvalue weighted by atomic mass is 10.0. The summed E-state index contributed by atoms with van der Waals surface area (Å²) in [4.78, 5) is 2.08. The smallest absolute Gasteiger partial charge is 0.151 e. The summed E-state index contributed by atoms with van der Waals surface area (Å²) in [6.45, 7) is 4.80. The molecule has 5 heteroatoms. The minimum Gasteiger partial charge on any atom is -0.301 e. The van der Waals surface area contributed by atoms with Crippen LogP contribution < -0.4 is 0 Å². The highest BCUT2D eigenvalue weighted by Gasteiger charge is 2.31. The van der Waals surface area contributed by atoms with E-state index in [-0.39, 0.29) is 17.2 Å². The number of hydrogen-bond donors (Lipinski definition) is 0. The first kappa shape index (κ1) is 15.8. The number of sulfone groups is 1. The number of aryl methyl sites for hydroxylation is 2. The van der Waals surface area contributed by atoms with Gasteiger partial charge in [0.05, 0.1) is 16.9 Å². The molecule has 3 nitrogen and oxygen atoms in total. The summed E-state index contributed by atoms with van der Waals surface area (Å²) in [6.07, 6.45) is 0.718. The van der Waals surface area contributed by atoms with Crippen molar-refractivity contribution in [1.82, 2.24) is 4.90 Å². The average Bonchev–Trinajstić information content (AvgIpc) is 2.69. The van der Waals surface area contributed by atoms with Gasteiger partial charge in [0.15, 0.2) is 9.84 Å². The lowest BCUT2D eigenvalue weighted by Crippen LogP contribution is -2.35. The molecule has 0 amide bonds. The van der Waals surface area contributed by atoms with Crippen molar-refractivity contribution in [2.24, 2.45) is 0 Å². The van der Waals surface area contributed by atoms with E-state index in [9.17, 15) is 8.42 Å². The van der Waals surface area contributed by atoms with E-state index in [4.69, 9.17) is 11.6 Å². The summed E-state index contributed by atoms with van der Waals surface area (Å²) in [5.74, 6) is 0.568. The quantitative estimate of drug-likeness (QED) is 0.802. The molecule has 2 rings (SSSR count). The van der Waals surface area contributed by atoms with E-state index in [1.165, 1.54) is 11.1 Å². The second kappa shape index (κ2) is 6.04. The number of alkyl halides is 1. The van der Waals surface area contributed by atoms with Crippen LogP contribution in [-0.4, -0.2) is 44.5 Å². The van der Waals surface area contributed by atoms with Crippen LogP contribution in [0.15, 0.2) is 18.2 Å². The van der Waals surface area contributed by atoms with Gasteiger partial charge in [0.1, 0.15) is 0 Å². The van der Waals surface area contributed by atoms with Gasteiger partial charge in [-0.15, -0.1) is 11.6 Å². The minimum atomic E-state index is -2.84. The Morgan fingerprint density at radius 1 is 1.40 bits per heavy atom. The van der Waals surface area contributed by atoms with Gasteiger partial charge in [0.25, 0.3) is 0 Å². The lowest BCUT2D eigenvalue weighted by Gasteiger charge is -2.26. The van der Waals surface area contributed by atoms with Crippen molar-refractivity contribution < 1.29 is 8.42 Å². The SMILES string of the molecule is Cc1ccc(C(Cl)CN(C)C2CCS(=O)(=O)C2)c(C)c1. The first-order valence-electron chi connectivity index (χ1n) is 6.90. The van der Waals surface area contributed by atoms with Crippen LogP contribution >= 0.6 is 11.6 Å². The number of halogens is 1. The van der Waals surface area contributed by atoms with Gasteiger partial charge in [-0.2, -0.15) is 0 Å². The van der Waals surface area contributed by atoms with Crippen molar-refractivity contribution in [2.45, 2.75) is 31.7 Å². The third-order valence-corrected chi connectivity index (χ3v) is 6.17. The van der Waals surface area contributed by atoms with Gasteiger partial charge in [0, 0.05) is 12.6 Å². The zero-order valence-corrected chi connectivity index (χ0v) is 13.8. The molecule has 1 saturated heterocycles. The lowest BCUT2D eigenvalue weighted by molar-refractivity contribution is 0.262. The molecule has 0 saturated carbocycles. The molecule has 0 radical (unpaired) electrons. The molecule has 20 heavy (non-hydrogen) atoms. The molecule has 0 bridgehead atoms. The summed E-state index contributed by atoms with van der Waals surface area (Å²) >= 11 is 6.52. The molecule has 0 spiro atoms. The van der Waals surface area contributed by atoms with Crippen molar-refractivity contribution >= 4 is 21.4 Å². The van der Waals surface area contributed by atoms with Gasteiger partial charge in [-0.3, -0.25) is 0 Å². The molecule has 2 atom stereocenters. The van der Waals surface area contributed by atoms with Gasteiger partial charge < -0.3 is 4.90 Å². The van der Waals surface area contributed by atoms with Crippen molar-refractivity contribution in [1.29, 1.82) is 0 Å². The van der Waals surface area contributed by atoms with Crippen LogP contribution in [0.5, 0.6) is 0 Å². The Hall–Kier alpha value is -0.580. The summed E-state index contributed by atoms with van der Waals surface area (Å²) in [6, 6.07) is 6.37. The monoisotopic (exact) mass is 315 g/mol. The van der Waals surface area contributed by atoms with Crippen LogP contribution in [0.2, 0.25) is 0 Å². The number of rotatable bonds is 4. The van der Waals surface area contributed by atoms with Crippen LogP contribution in [0.25, 0.3) is 0 Å². The van der Waals surface area contributed by atoms with Crippen molar-refractivity contribution in [3.05, 3.63) is 34.9 Å². The highest BCUT2D eigenvalue weighted by Crippen LogP contribution is 2.27. The normalized spacial score (nSPS) is 23.1. The van der Waals surface area contributed by atoms with Gasteiger partial charge in [-0.1, -0.05) is 23.8 Å². The Kier molecular flexibility index (Phi) is 4.77. The van der Waals surface area contributed by atoms with E-state index in [0.29, 0.717) is 12.3 Å². The largest absolute Gasteiger partial charge is 0.301 e. The Labute approximate surface area is 126 Å². The minimum absolute atomic E-state index is 0.104. The first-order chi connectivity index (χ1) is 9.28. The molecule has 0 aromatic heterocycles. The van der Waals surface area contributed by atoms with E-state index < -0.39 is 9.84 Å². The Morgan fingerprint density at radius 3 is 2.65 bits per heavy atom. The van der Waals surface area contributed by atoms with Crippen molar-refractivity contribution in [3.8, 4) is 0 Å². The van der Waals surface area contributed by atoms with E-state index in [2.05, 4.69) is 36.9 Å². The van der Waals surface area contributed by atoms with Crippen LogP contribution in [0.3, 0.4) is 0 Å². The van der Waals surface area contributed by atoms with E-state index in [1.54, 1.807) is 0 Å². The number of benzene rings is 1. The topological polar surface area (TPSA) is 37.4 Å². The number of hydrogen-bond acceptors (Lipinski definition) is 3. The molecule has 0 N–H and O–H groups in total. The molecule has 2 unspecified atom stereocenters. The summed E-state index contributed by atoms with van der Waals surface area (Å²) in [5, 5.41) is -0.107. The summed E-state index contributed by atoms with van der Waals surface area (Å²) < 4.78 is 23.1. The highest BCUT2D eigenvalue weighted by molar-refractivity contribution is 7.91. The predicted octanol–water partition coefficient (Wildman–Crippen LogP) is 2.70. The van der Waals surface area contributed by atoms with Crippen molar-refractivity contribution in [3.63, 3.8) is 0 Å². The van der Waals surface area contributed by atoms with Crippen LogP contribution in [0.1, 0.15) is 28.5 Å². The van der Waals surface area contributed by atoms with Crippen LogP contribution in [0.4, 0.5) is 0 Å². The molecule has 1 heterocycles. The molecule has 112 valence electrons. The molecule has 1 aliphatic heterocycles. The Bertz CT molecular complexity index is 586. The molecule has 0 aliphatic carbocycles. The first-order valence-corrected chi connectivity index (χ1v) is 9.16. The maximum absolute atomic E-state index is 11.5. The molecule has 1 aromatic rings. The molecular formula is C15H22ClNO2S. The molecule has 1 aliphatic rings. The molecule has 1 aromatic carbocycles. The molecule has 1 fully saturated rings. The summed E-state index contributed by atoms with van der Waals surface area (Å²) in [7, 11) is -0.877. The zero-order valence-electron chi connectivity index (χ0n) is 12.3. The zero-order chi connectivity index (χ0) is 14.9. The van der Waals surface area contributed by atoms with E-state index in [0.717, 1.165) is 12.0 Å².